The fourth-order valence-corrected chi connectivity index (χ4v) is 2.51. The van der Waals surface area contributed by atoms with Crippen molar-refractivity contribution < 1.29 is 13.5 Å². The molecule has 0 bridgehead atoms. The summed E-state index contributed by atoms with van der Waals surface area (Å²) >= 11 is 3.22. The molecule has 0 saturated heterocycles. The number of hydrogen-bond acceptors (Lipinski definition) is 1. The molecule has 1 unspecified atom stereocenters. The van der Waals surface area contributed by atoms with Crippen LogP contribution in [0.15, 0.2) is 40.9 Å². The standard InChI is InChI=1S/C17H16BrF2O/c1-11(15-8-7-14(21-2)10-17(15)20)3-4-12-5-6-13(18)9-16(12)19/h5-11H,1,3-4H2,2H3. The number of rotatable bonds is 5. The van der Waals surface area contributed by atoms with Crippen LogP contribution in [-0.2, 0) is 6.42 Å². The van der Waals surface area contributed by atoms with E-state index in [9.17, 15) is 8.78 Å². The molecule has 4 heteroatoms. The minimum atomic E-state index is -0.342. The molecule has 111 valence electrons. The van der Waals surface area contributed by atoms with Gasteiger partial charge in [-0.05, 0) is 55.0 Å². The van der Waals surface area contributed by atoms with Gasteiger partial charge in [0.05, 0.1) is 7.11 Å². The predicted molar refractivity (Wildman–Crippen MR) is 83.5 cm³/mol. The Labute approximate surface area is 132 Å². The molecule has 0 aliphatic carbocycles. The first-order valence-corrected chi connectivity index (χ1v) is 7.41. The van der Waals surface area contributed by atoms with Gasteiger partial charge in [0.15, 0.2) is 0 Å². The molecule has 0 spiro atoms. The SMILES string of the molecule is [CH2]C(CCc1ccc(Br)cc1F)c1ccc(OC)cc1F. The van der Waals surface area contributed by atoms with Crippen LogP contribution < -0.4 is 4.74 Å². The van der Waals surface area contributed by atoms with Crippen molar-refractivity contribution in [3.63, 3.8) is 0 Å². The zero-order valence-corrected chi connectivity index (χ0v) is 13.3. The van der Waals surface area contributed by atoms with Gasteiger partial charge < -0.3 is 4.74 Å². The Balaban J connectivity index is 2.06. The van der Waals surface area contributed by atoms with Gasteiger partial charge in [0.25, 0.3) is 0 Å². The molecule has 21 heavy (non-hydrogen) atoms. The maximum Gasteiger partial charge on any atom is 0.130 e. The molecule has 0 saturated carbocycles. The minimum absolute atomic E-state index is 0.237. The normalized spacial score (nSPS) is 12.2. The van der Waals surface area contributed by atoms with E-state index in [1.165, 1.54) is 19.2 Å². The second kappa shape index (κ2) is 7.03. The maximum absolute atomic E-state index is 13.9. The van der Waals surface area contributed by atoms with Crippen molar-refractivity contribution in [1.29, 1.82) is 0 Å². The van der Waals surface area contributed by atoms with E-state index in [-0.39, 0.29) is 17.6 Å². The molecule has 0 aliphatic rings. The molecule has 2 rings (SSSR count). The molecule has 0 fully saturated rings. The van der Waals surface area contributed by atoms with E-state index in [1.807, 2.05) is 0 Å². The highest BCUT2D eigenvalue weighted by atomic mass is 79.9. The number of benzene rings is 2. The van der Waals surface area contributed by atoms with Crippen LogP contribution in [0.5, 0.6) is 5.75 Å². The van der Waals surface area contributed by atoms with Crippen molar-refractivity contribution in [1.82, 2.24) is 0 Å². The summed E-state index contributed by atoms with van der Waals surface area (Å²) in [4.78, 5) is 0. The number of ether oxygens (including phenoxy) is 1. The second-order valence-electron chi connectivity index (χ2n) is 4.86. The van der Waals surface area contributed by atoms with Crippen LogP contribution in [0.3, 0.4) is 0 Å². The first-order chi connectivity index (χ1) is 10.0. The number of methoxy groups -OCH3 is 1. The predicted octanol–water partition coefficient (Wildman–Crippen LogP) is 5.29. The highest BCUT2D eigenvalue weighted by Crippen LogP contribution is 2.27. The van der Waals surface area contributed by atoms with Gasteiger partial charge in [-0.25, -0.2) is 8.78 Å². The molecule has 1 nitrogen and oxygen atoms in total. The number of aryl methyl sites for hydroxylation is 1. The molecular weight excluding hydrogens is 338 g/mol. The average molecular weight is 354 g/mol. The quantitative estimate of drug-likeness (QED) is 0.709. The Bertz CT molecular complexity index is 628. The van der Waals surface area contributed by atoms with E-state index in [0.717, 1.165) is 0 Å². The molecule has 2 aromatic rings. The van der Waals surface area contributed by atoms with Crippen LogP contribution in [-0.4, -0.2) is 7.11 Å². The highest BCUT2D eigenvalue weighted by molar-refractivity contribution is 9.10. The minimum Gasteiger partial charge on any atom is -0.497 e. The lowest BCUT2D eigenvalue weighted by Gasteiger charge is -2.14. The van der Waals surface area contributed by atoms with Crippen LogP contribution >= 0.6 is 15.9 Å². The van der Waals surface area contributed by atoms with Crippen molar-refractivity contribution in [2.24, 2.45) is 0 Å². The van der Waals surface area contributed by atoms with Crippen LogP contribution in [0.4, 0.5) is 8.78 Å². The topological polar surface area (TPSA) is 9.23 Å². The summed E-state index contributed by atoms with van der Waals surface area (Å²) in [5, 5.41) is 0. The Hall–Kier alpha value is -1.42. The first kappa shape index (κ1) is 16.0. The van der Waals surface area contributed by atoms with Gasteiger partial charge in [0.1, 0.15) is 17.4 Å². The van der Waals surface area contributed by atoms with Gasteiger partial charge in [-0.1, -0.05) is 28.1 Å². The van der Waals surface area contributed by atoms with Gasteiger partial charge in [0, 0.05) is 10.5 Å². The summed E-state index contributed by atoms with van der Waals surface area (Å²) < 4.78 is 33.4. The lowest BCUT2D eigenvalue weighted by molar-refractivity contribution is 0.410. The zero-order valence-electron chi connectivity index (χ0n) is 11.7. The molecule has 0 N–H and O–H groups in total. The Morgan fingerprint density at radius 1 is 1.14 bits per heavy atom. The van der Waals surface area contributed by atoms with Gasteiger partial charge in [-0.15, -0.1) is 0 Å². The Morgan fingerprint density at radius 2 is 1.90 bits per heavy atom. The Morgan fingerprint density at radius 3 is 2.52 bits per heavy atom. The maximum atomic E-state index is 13.9. The lowest BCUT2D eigenvalue weighted by Crippen LogP contribution is -2.01. The number of hydrogen-bond donors (Lipinski definition) is 0. The summed E-state index contributed by atoms with van der Waals surface area (Å²) in [6.45, 7) is 3.97. The molecule has 0 aliphatic heterocycles. The largest absolute Gasteiger partial charge is 0.497 e. The fraction of sp³-hybridized carbons (Fsp3) is 0.235. The molecule has 2 aromatic carbocycles. The third kappa shape index (κ3) is 4.03. The van der Waals surface area contributed by atoms with Crippen LogP contribution in [0.1, 0.15) is 23.5 Å². The van der Waals surface area contributed by atoms with Gasteiger partial charge >= 0.3 is 0 Å². The van der Waals surface area contributed by atoms with Crippen LogP contribution in [0.25, 0.3) is 0 Å². The first-order valence-electron chi connectivity index (χ1n) is 6.61. The van der Waals surface area contributed by atoms with Gasteiger partial charge in [0.2, 0.25) is 0 Å². The molecule has 0 amide bonds. The van der Waals surface area contributed by atoms with Crippen LogP contribution in [0, 0.1) is 18.6 Å². The molecule has 0 heterocycles. The Kier molecular flexibility index (Phi) is 5.34. The average Bonchev–Trinajstić information content (AvgIpc) is 2.45. The second-order valence-corrected chi connectivity index (χ2v) is 5.77. The third-order valence-corrected chi connectivity index (χ3v) is 3.92. The zero-order chi connectivity index (χ0) is 15.4. The molecular formula is C17H16BrF2O. The highest BCUT2D eigenvalue weighted by Gasteiger charge is 2.13. The van der Waals surface area contributed by atoms with Crippen molar-refractivity contribution in [2.45, 2.75) is 18.8 Å². The summed E-state index contributed by atoms with van der Waals surface area (Å²) in [7, 11) is 1.49. The van der Waals surface area contributed by atoms with Crippen molar-refractivity contribution >= 4 is 15.9 Å². The summed E-state index contributed by atoms with van der Waals surface area (Å²) in [6, 6.07) is 9.68. The van der Waals surface area contributed by atoms with E-state index in [1.54, 1.807) is 24.3 Å². The van der Waals surface area contributed by atoms with E-state index >= 15 is 0 Å². The lowest BCUT2D eigenvalue weighted by atomic mass is 9.93. The monoisotopic (exact) mass is 353 g/mol. The molecule has 1 radical (unpaired) electrons. The van der Waals surface area contributed by atoms with E-state index in [2.05, 4.69) is 22.9 Å². The third-order valence-electron chi connectivity index (χ3n) is 3.42. The fourth-order valence-electron chi connectivity index (χ4n) is 2.18. The summed E-state index contributed by atoms with van der Waals surface area (Å²) in [6.07, 6.45) is 1.08. The molecule has 1 atom stereocenters. The van der Waals surface area contributed by atoms with Crippen molar-refractivity contribution in [3.05, 3.63) is 70.6 Å². The van der Waals surface area contributed by atoms with Gasteiger partial charge in [-0.3, -0.25) is 0 Å². The van der Waals surface area contributed by atoms with E-state index < -0.39 is 0 Å². The summed E-state index contributed by atoms with van der Waals surface area (Å²) in [5.41, 5.74) is 1.13. The van der Waals surface area contributed by atoms with Crippen molar-refractivity contribution in [3.8, 4) is 5.75 Å². The summed E-state index contributed by atoms with van der Waals surface area (Å²) in [5.74, 6) is -0.362. The van der Waals surface area contributed by atoms with Crippen molar-refractivity contribution in [2.75, 3.05) is 7.11 Å². The number of halogens is 3. The van der Waals surface area contributed by atoms with E-state index in [0.29, 0.717) is 34.2 Å². The van der Waals surface area contributed by atoms with Gasteiger partial charge in [-0.2, -0.15) is 0 Å². The van der Waals surface area contributed by atoms with E-state index in [4.69, 9.17) is 4.74 Å². The smallest absolute Gasteiger partial charge is 0.130 e. The van der Waals surface area contributed by atoms with Crippen LogP contribution in [0.2, 0.25) is 0 Å². The molecule has 0 aromatic heterocycles.